The van der Waals surface area contributed by atoms with E-state index in [9.17, 15) is 4.79 Å². The summed E-state index contributed by atoms with van der Waals surface area (Å²) < 4.78 is 7.42. The number of para-hydroxylation sites is 1. The predicted octanol–water partition coefficient (Wildman–Crippen LogP) is 2.24. The molecule has 132 valence electrons. The summed E-state index contributed by atoms with van der Waals surface area (Å²) in [6, 6.07) is 11.5. The number of imidazole rings is 1. The van der Waals surface area contributed by atoms with E-state index in [0.29, 0.717) is 17.9 Å². The van der Waals surface area contributed by atoms with Crippen molar-refractivity contribution < 1.29 is 0 Å². The lowest BCUT2D eigenvalue weighted by Crippen LogP contribution is -2.20. The van der Waals surface area contributed by atoms with E-state index in [-0.39, 0.29) is 5.56 Å². The van der Waals surface area contributed by atoms with Crippen molar-refractivity contribution in [2.24, 2.45) is 7.05 Å². The standard InChI is InChI=1S/C19H20N6O/c1-15-17(19(26)25(22(15)2)16-7-4-3-5-8-16)18-20-10-12-23(18)13-14-24-11-6-9-21-24/h3-12H,13-14H2,1-2H3. The summed E-state index contributed by atoms with van der Waals surface area (Å²) in [4.78, 5) is 17.6. The van der Waals surface area contributed by atoms with Gasteiger partial charge in [0.15, 0.2) is 0 Å². The summed E-state index contributed by atoms with van der Waals surface area (Å²) in [5.74, 6) is 0.685. The first-order chi connectivity index (χ1) is 12.7. The summed E-state index contributed by atoms with van der Waals surface area (Å²) in [7, 11) is 1.89. The molecular weight excluding hydrogens is 328 g/mol. The zero-order valence-electron chi connectivity index (χ0n) is 14.8. The van der Waals surface area contributed by atoms with Gasteiger partial charge in [0, 0.05) is 44.1 Å². The van der Waals surface area contributed by atoms with E-state index in [1.165, 1.54) is 0 Å². The average molecular weight is 348 g/mol. The van der Waals surface area contributed by atoms with Crippen molar-refractivity contribution in [2.75, 3.05) is 0 Å². The van der Waals surface area contributed by atoms with Gasteiger partial charge >= 0.3 is 0 Å². The lowest BCUT2D eigenvalue weighted by Gasteiger charge is -2.08. The monoisotopic (exact) mass is 348 g/mol. The van der Waals surface area contributed by atoms with Crippen LogP contribution in [0.5, 0.6) is 0 Å². The van der Waals surface area contributed by atoms with Crippen LogP contribution in [-0.2, 0) is 20.1 Å². The Hall–Kier alpha value is -3.35. The molecule has 3 aromatic heterocycles. The van der Waals surface area contributed by atoms with Crippen molar-refractivity contribution >= 4 is 0 Å². The molecule has 4 aromatic rings. The maximum Gasteiger partial charge on any atom is 0.282 e. The Morgan fingerprint density at radius 2 is 1.81 bits per heavy atom. The number of benzene rings is 1. The highest BCUT2D eigenvalue weighted by atomic mass is 16.1. The average Bonchev–Trinajstić information content (AvgIpc) is 3.36. The second-order valence-corrected chi connectivity index (χ2v) is 6.15. The zero-order chi connectivity index (χ0) is 18.1. The van der Waals surface area contributed by atoms with Gasteiger partial charge in [-0.2, -0.15) is 5.10 Å². The fourth-order valence-electron chi connectivity index (χ4n) is 3.19. The molecule has 0 radical (unpaired) electrons. The Morgan fingerprint density at radius 3 is 2.54 bits per heavy atom. The lowest BCUT2D eigenvalue weighted by molar-refractivity contribution is 0.536. The molecule has 0 spiro atoms. The maximum absolute atomic E-state index is 13.2. The Balaban J connectivity index is 1.76. The highest BCUT2D eigenvalue weighted by Crippen LogP contribution is 2.20. The number of hydrogen-bond donors (Lipinski definition) is 0. The molecule has 26 heavy (non-hydrogen) atoms. The first-order valence-corrected chi connectivity index (χ1v) is 8.50. The van der Waals surface area contributed by atoms with Crippen LogP contribution in [0.1, 0.15) is 5.69 Å². The number of aromatic nitrogens is 6. The van der Waals surface area contributed by atoms with E-state index < -0.39 is 0 Å². The van der Waals surface area contributed by atoms with Crippen molar-refractivity contribution in [2.45, 2.75) is 20.0 Å². The van der Waals surface area contributed by atoms with E-state index in [1.807, 2.05) is 76.7 Å². The first kappa shape index (κ1) is 16.1. The van der Waals surface area contributed by atoms with Gasteiger partial charge in [-0.25, -0.2) is 9.67 Å². The van der Waals surface area contributed by atoms with Gasteiger partial charge in [0.2, 0.25) is 0 Å². The molecule has 0 N–H and O–H groups in total. The third-order valence-corrected chi connectivity index (χ3v) is 4.62. The molecule has 0 aliphatic carbocycles. The number of aryl methyl sites for hydroxylation is 2. The molecule has 0 unspecified atom stereocenters. The van der Waals surface area contributed by atoms with Gasteiger partial charge in [-0.1, -0.05) is 18.2 Å². The Kier molecular flexibility index (Phi) is 4.04. The largest absolute Gasteiger partial charge is 0.329 e. The molecule has 0 fully saturated rings. The molecule has 7 heteroatoms. The normalized spacial score (nSPS) is 11.2. The number of rotatable bonds is 5. The summed E-state index contributed by atoms with van der Waals surface area (Å²) in [5, 5.41) is 4.22. The van der Waals surface area contributed by atoms with E-state index in [0.717, 1.165) is 17.9 Å². The Morgan fingerprint density at radius 1 is 1.00 bits per heavy atom. The third-order valence-electron chi connectivity index (χ3n) is 4.62. The summed E-state index contributed by atoms with van der Waals surface area (Å²) in [6.45, 7) is 3.36. The molecule has 3 heterocycles. The highest BCUT2D eigenvalue weighted by Gasteiger charge is 2.21. The second kappa shape index (κ2) is 6.51. The number of hydrogen-bond acceptors (Lipinski definition) is 3. The summed E-state index contributed by atoms with van der Waals surface area (Å²) in [6.07, 6.45) is 7.32. The molecule has 1 aromatic carbocycles. The molecule has 0 atom stereocenters. The zero-order valence-corrected chi connectivity index (χ0v) is 14.8. The maximum atomic E-state index is 13.2. The highest BCUT2D eigenvalue weighted by molar-refractivity contribution is 5.59. The quantitative estimate of drug-likeness (QED) is 0.556. The van der Waals surface area contributed by atoms with Crippen molar-refractivity contribution in [1.82, 2.24) is 28.7 Å². The molecule has 0 bridgehead atoms. The SMILES string of the molecule is Cc1c(-c2nccn2CCn2cccn2)c(=O)n(-c2ccccc2)n1C. The Bertz CT molecular complexity index is 1070. The van der Waals surface area contributed by atoms with Crippen LogP contribution in [0, 0.1) is 6.92 Å². The van der Waals surface area contributed by atoms with Crippen LogP contribution in [0.2, 0.25) is 0 Å². The van der Waals surface area contributed by atoms with E-state index in [4.69, 9.17) is 0 Å². The molecule has 0 aliphatic heterocycles. The van der Waals surface area contributed by atoms with Crippen molar-refractivity contribution in [3.63, 3.8) is 0 Å². The van der Waals surface area contributed by atoms with E-state index in [1.54, 1.807) is 17.1 Å². The fraction of sp³-hybridized carbons (Fsp3) is 0.211. The lowest BCUT2D eigenvalue weighted by atomic mass is 10.2. The number of nitrogens with zero attached hydrogens (tertiary/aromatic N) is 6. The minimum Gasteiger partial charge on any atom is -0.329 e. The summed E-state index contributed by atoms with van der Waals surface area (Å²) >= 11 is 0. The van der Waals surface area contributed by atoms with Crippen LogP contribution in [-0.4, -0.2) is 28.7 Å². The van der Waals surface area contributed by atoms with E-state index in [2.05, 4.69) is 10.1 Å². The van der Waals surface area contributed by atoms with Gasteiger partial charge < -0.3 is 4.57 Å². The van der Waals surface area contributed by atoms with Crippen LogP contribution >= 0.6 is 0 Å². The van der Waals surface area contributed by atoms with Crippen LogP contribution in [0.15, 0.2) is 66.0 Å². The minimum absolute atomic E-state index is 0.0669. The molecule has 4 rings (SSSR count). The van der Waals surface area contributed by atoms with Gasteiger partial charge in [-0.3, -0.25) is 14.2 Å². The van der Waals surface area contributed by atoms with Gasteiger partial charge in [0.25, 0.3) is 5.56 Å². The molecule has 0 amide bonds. The van der Waals surface area contributed by atoms with Crippen LogP contribution in [0.4, 0.5) is 0 Å². The van der Waals surface area contributed by atoms with Crippen LogP contribution in [0.3, 0.4) is 0 Å². The summed E-state index contributed by atoms with van der Waals surface area (Å²) in [5.41, 5.74) is 2.28. The first-order valence-electron chi connectivity index (χ1n) is 8.50. The molecule has 0 saturated carbocycles. The fourth-order valence-corrected chi connectivity index (χ4v) is 3.19. The van der Waals surface area contributed by atoms with Gasteiger partial charge in [-0.05, 0) is 25.1 Å². The molecule has 0 aliphatic rings. The molecular formula is C19H20N6O. The van der Waals surface area contributed by atoms with Crippen molar-refractivity contribution in [3.8, 4) is 17.1 Å². The Labute approximate surface area is 150 Å². The van der Waals surface area contributed by atoms with Gasteiger partial charge in [0.1, 0.15) is 11.4 Å². The van der Waals surface area contributed by atoms with Crippen LogP contribution < -0.4 is 5.56 Å². The van der Waals surface area contributed by atoms with Crippen LogP contribution in [0.25, 0.3) is 17.1 Å². The van der Waals surface area contributed by atoms with Crippen molar-refractivity contribution in [3.05, 3.63) is 77.2 Å². The minimum atomic E-state index is -0.0669. The molecule has 7 nitrogen and oxygen atoms in total. The van der Waals surface area contributed by atoms with Crippen molar-refractivity contribution in [1.29, 1.82) is 0 Å². The van der Waals surface area contributed by atoms with Gasteiger partial charge in [0.05, 0.1) is 12.2 Å². The van der Waals surface area contributed by atoms with E-state index >= 15 is 0 Å². The third kappa shape index (κ3) is 2.67. The smallest absolute Gasteiger partial charge is 0.282 e. The second-order valence-electron chi connectivity index (χ2n) is 6.15. The molecule has 0 saturated heterocycles. The topological polar surface area (TPSA) is 62.6 Å². The predicted molar refractivity (Wildman–Crippen MR) is 99.2 cm³/mol. The van der Waals surface area contributed by atoms with Gasteiger partial charge in [-0.15, -0.1) is 0 Å².